The molecule has 14 heavy (non-hydrogen) atoms. The van der Waals surface area contributed by atoms with Crippen molar-refractivity contribution in [3.8, 4) is 0 Å². The molecule has 2 N–H and O–H groups in total. The van der Waals surface area contributed by atoms with Gasteiger partial charge in [-0.1, -0.05) is 6.58 Å². The van der Waals surface area contributed by atoms with Gasteiger partial charge in [0, 0.05) is 6.08 Å². The molecule has 0 saturated heterocycles. The Balaban J connectivity index is 0. The van der Waals surface area contributed by atoms with E-state index < -0.39 is 19.9 Å². The zero-order valence-electron chi connectivity index (χ0n) is 7.04. The molecule has 0 aromatic carbocycles. The normalized spacial score (nSPS) is 12.5. The molecule has 0 fully saturated rings. The Morgan fingerprint density at radius 3 is 2.50 bits per heavy atom. The molecule has 8 heteroatoms. The molecule has 0 amide bonds. The van der Waals surface area contributed by atoms with Crippen molar-refractivity contribution in [2.75, 3.05) is 6.61 Å². The summed E-state index contributed by atoms with van der Waals surface area (Å²) in [6, 6.07) is 0. The van der Waals surface area contributed by atoms with E-state index in [1.54, 1.807) is 0 Å². The van der Waals surface area contributed by atoms with Crippen molar-refractivity contribution in [2.45, 2.75) is 13.0 Å². The number of carbonyl (C=O) groups excluding carboxylic acids is 1. The zero-order chi connectivity index (χ0) is 10.5. The number of phosphoric ester groups is 1. The predicted molar refractivity (Wildman–Crippen MR) is 50.9 cm³/mol. The van der Waals surface area contributed by atoms with Crippen LogP contribution in [0, 0.1) is 0 Å². The second-order valence-electron chi connectivity index (χ2n) is 2.24. The van der Waals surface area contributed by atoms with Crippen molar-refractivity contribution in [1.29, 1.82) is 0 Å². The average molecular weight is 218 g/mol. The van der Waals surface area contributed by atoms with Crippen LogP contribution in [0.15, 0.2) is 12.7 Å². The van der Waals surface area contributed by atoms with Gasteiger partial charge in [0.25, 0.3) is 0 Å². The summed E-state index contributed by atoms with van der Waals surface area (Å²) in [4.78, 5) is 27.1. The van der Waals surface area contributed by atoms with E-state index in [0.29, 0.717) is 0 Å². The molecule has 1 unspecified atom stereocenters. The van der Waals surface area contributed by atoms with Gasteiger partial charge in [-0.15, -0.1) is 0 Å². The summed E-state index contributed by atoms with van der Waals surface area (Å²) in [7, 11) is -4.49. The van der Waals surface area contributed by atoms with Crippen LogP contribution in [0.25, 0.3) is 0 Å². The summed E-state index contributed by atoms with van der Waals surface area (Å²) in [5.41, 5.74) is 0. The number of carbonyl (C=O) groups is 1. The summed E-state index contributed by atoms with van der Waals surface area (Å²) in [5, 5.41) is 0. The quantitative estimate of drug-likeness (QED) is 0.281. The molecule has 0 aromatic heterocycles. The molecule has 0 aromatic rings. The SMILES string of the molecule is C=CC(=O)OC(C)COP(=O)(O)O.[LiH]. The van der Waals surface area contributed by atoms with Crippen LogP contribution in [-0.4, -0.2) is 47.3 Å². The Hall–Kier alpha value is -0.0826. The fourth-order valence-electron chi connectivity index (χ4n) is 0.482. The number of esters is 1. The molecule has 0 aliphatic heterocycles. The molecular formula is C6H12LiO6P. The van der Waals surface area contributed by atoms with E-state index in [1.165, 1.54) is 6.92 Å². The van der Waals surface area contributed by atoms with E-state index in [2.05, 4.69) is 15.8 Å². The molecule has 0 bridgehead atoms. The first-order chi connectivity index (χ1) is 5.85. The van der Waals surface area contributed by atoms with E-state index in [-0.39, 0.29) is 25.5 Å². The number of hydrogen-bond acceptors (Lipinski definition) is 4. The Morgan fingerprint density at radius 1 is 1.64 bits per heavy atom. The van der Waals surface area contributed by atoms with Crippen LogP contribution in [0.5, 0.6) is 0 Å². The predicted octanol–water partition coefficient (Wildman–Crippen LogP) is -0.435. The minimum absolute atomic E-state index is 0. The molecule has 0 radical (unpaired) electrons. The zero-order valence-corrected chi connectivity index (χ0v) is 7.94. The Morgan fingerprint density at radius 2 is 2.14 bits per heavy atom. The van der Waals surface area contributed by atoms with Crippen LogP contribution in [0.3, 0.4) is 0 Å². The standard InChI is InChI=1S/C6H11O6P.Li.H/c1-3-6(7)12-5(2)4-11-13(8,9)10;;/h3,5H,1,4H2,2H3,(H2,8,9,10);;. The van der Waals surface area contributed by atoms with Gasteiger partial charge in [0.1, 0.15) is 6.10 Å². The topological polar surface area (TPSA) is 93.1 Å². The van der Waals surface area contributed by atoms with E-state index in [9.17, 15) is 9.36 Å². The maximum atomic E-state index is 10.6. The molecule has 6 nitrogen and oxygen atoms in total. The van der Waals surface area contributed by atoms with Gasteiger partial charge >= 0.3 is 32.7 Å². The first-order valence-corrected chi connectivity index (χ1v) is 4.91. The Bertz CT molecular complexity index is 236. The minimum atomic E-state index is -4.49. The number of phosphoric acid groups is 1. The Labute approximate surface area is 93.7 Å². The number of ether oxygens (including phenoxy) is 1. The van der Waals surface area contributed by atoms with Gasteiger partial charge in [0.05, 0.1) is 6.61 Å². The van der Waals surface area contributed by atoms with E-state index in [1.807, 2.05) is 0 Å². The monoisotopic (exact) mass is 218 g/mol. The first-order valence-electron chi connectivity index (χ1n) is 3.38. The molecular weight excluding hydrogens is 206 g/mol. The van der Waals surface area contributed by atoms with Crippen molar-refractivity contribution >= 4 is 32.7 Å². The van der Waals surface area contributed by atoms with Crippen molar-refractivity contribution in [3.05, 3.63) is 12.7 Å². The van der Waals surface area contributed by atoms with Crippen LogP contribution < -0.4 is 0 Å². The van der Waals surface area contributed by atoms with Gasteiger partial charge < -0.3 is 14.5 Å². The van der Waals surface area contributed by atoms with Crippen molar-refractivity contribution < 1.29 is 28.4 Å². The van der Waals surface area contributed by atoms with Gasteiger partial charge in [-0.25, -0.2) is 9.36 Å². The molecule has 1 atom stereocenters. The van der Waals surface area contributed by atoms with Gasteiger partial charge in [0.15, 0.2) is 0 Å². The Kier molecular flexibility index (Phi) is 8.46. The molecule has 0 rings (SSSR count). The second-order valence-corrected chi connectivity index (χ2v) is 3.48. The molecule has 0 aliphatic carbocycles. The van der Waals surface area contributed by atoms with E-state index >= 15 is 0 Å². The molecule has 0 saturated carbocycles. The number of rotatable bonds is 5. The maximum absolute atomic E-state index is 10.6. The molecule has 0 spiro atoms. The van der Waals surface area contributed by atoms with Crippen molar-refractivity contribution in [1.82, 2.24) is 0 Å². The van der Waals surface area contributed by atoms with Gasteiger partial charge in [-0.3, -0.25) is 4.52 Å². The van der Waals surface area contributed by atoms with Gasteiger partial charge in [-0.05, 0) is 6.92 Å². The van der Waals surface area contributed by atoms with Gasteiger partial charge in [0.2, 0.25) is 0 Å². The third-order valence-electron chi connectivity index (χ3n) is 0.961. The molecule has 0 heterocycles. The van der Waals surface area contributed by atoms with Crippen LogP contribution in [0.2, 0.25) is 0 Å². The van der Waals surface area contributed by atoms with Crippen LogP contribution >= 0.6 is 7.82 Å². The third kappa shape index (κ3) is 10.0. The summed E-state index contributed by atoms with van der Waals surface area (Å²) in [5.74, 6) is -0.665. The third-order valence-corrected chi connectivity index (χ3v) is 1.45. The summed E-state index contributed by atoms with van der Waals surface area (Å²) in [6.07, 6.45) is 0.228. The van der Waals surface area contributed by atoms with Crippen LogP contribution in [0.4, 0.5) is 0 Å². The number of hydrogen-bond donors (Lipinski definition) is 2. The molecule has 78 valence electrons. The van der Waals surface area contributed by atoms with E-state index in [0.717, 1.165) is 6.08 Å². The summed E-state index contributed by atoms with van der Waals surface area (Å²) < 4.78 is 18.9. The van der Waals surface area contributed by atoms with Gasteiger partial charge in [-0.2, -0.15) is 0 Å². The fraction of sp³-hybridized carbons (Fsp3) is 0.500. The first kappa shape index (κ1) is 16.4. The van der Waals surface area contributed by atoms with Crippen molar-refractivity contribution in [2.24, 2.45) is 0 Å². The van der Waals surface area contributed by atoms with Crippen LogP contribution in [0.1, 0.15) is 6.92 Å². The summed E-state index contributed by atoms with van der Waals surface area (Å²) >= 11 is 0. The average Bonchev–Trinajstić information content (AvgIpc) is 1.99. The summed E-state index contributed by atoms with van der Waals surface area (Å²) in [6.45, 7) is 4.24. The van der Waals surface area contributed by atoms with E-state index in [4.69, 9.17) is 9.79 Å². The van der Waals surface area contributed by atoms with Crippen LogP contribution in [-0.2, 0) is 18.6 Å². The van der Waals surface area contributed by atoms with Crippen molar-refractivity contribution in [3.63, 3.8) is 0 Å². The molecule has 0 aliphatic rings. The second kappa shape index (κ2) is 7.24. The fourth-order valence-corrected chi connectivity index (χ4v) is 0.887.